The lowest BCUT2D eigenvalue weighted by molar-refractivity contribution is 0.0962. The number of carbonyl (C=O) groups excluding carboxylic acids is 1. The van der Waals surface area contributed by atoms with E-state index < -0.39 is 0 Å². The molecule has 0 aliphatic heterocycles. The molecule has 124 valence electrons. The Morgan fingerprint density at radius 1 is 1.23 bits per heavy atom. The molecule has 0 fully saturated rings. The van der Waals surface area contributed by atoms with Crippen molar-refractivity contribution in [2.75, 3.05) is 41.0 Å². The maximum Gasteiger partial charge on any atom is 0.163 e. The van der Waals surface area contributed by atoms with Gasteiger partial charge in [-0.25, -0.2) is 0 Å². The highest BCUT2D eigenvalue weighted by atomic mass is 16.5. The van der Waals surface area contributed by atoms with Crippen LogP contribution in [0.1, 0.15) is 47.3 Å². The van der Waals surface area contributed by atoms with Gasteiger partial charge in [-0.2, -0.15) is 0 Å². The predicted molar refractivity (Wildman–Crippen MR) is 89.5 cm³/mol. The summed E-state index contributed by atoms with van der Waals surface area (Å²) < 4.78 is 10.1. The van der Waals surface area contributed by atoms with Gasteiger partial charge in [-0.05, 0) is 44.5 Å². The van der Waals surface area contributed by atoms with Crippen LogP contribution in [0.15, 0.2) is 18.2 Å². The Labute approximate surface area is 134 Å². The number of aryl methyl sites for hydroxylation is 1. The first-order valence-electron chi connectivity index (χ1n) is 7.83. The monoisotopic (exact) mass is 307 g/mol. The lowest BCUT2D eigenvalue weighted by atomic mass is 9.96. The van der Waals surface area contributed by atoms with E-state index in [1.165, 1.54) is 5.56 Å². The largest absolute Gasteiger partial charge is 0.385 e. The second-order valence-corrected chi connectivity index (χ2v) is 5.74. The molecule has 0 saturated carbocycles. The Bertz CT molecular complexity index is 473. The molecule has 22 heavy (non-hydrogen) atoms. The van der Waals surface area contributed by atoms with Gasteiger partial charge >= 0.3 is 0 Å². The standard InChI is InChI=1S/C18H29NO3/c1-14-8-9-16(15(2)19(3)10-12-22-5)13-17(14)18(20)7-6-11-21-4/h8-9,13,15H,6-7,10-12H2,1-5H3. The number of ketones is 1. The van der Waals surface area contributed by atoms with Crippen LogP contribution in [-0.2, 0) is 9.47 Å². The van der Waals surface area contributed by atoms with Crippen LogP contribution < -0.4 is 0 Å². The maximum absolute atomic E-state index is 12.4. The minimum atomic E-state index is 0.197. The minimum absolute atomic E-state index is 0.197. The zero-order valence-corrected chi connectivity index (χ0v) is 14.5. The molecule has 0 heterocycles. The van der Waals surface area contributed by atoms with Gasteiger partial charge in [0.2, 0.25) is 0 Å². The molecule has 1 rings (SSSR count). The zero-order valence-electron chi connectivity index (χ0n) is 14.5. The number of ether oxygens (including phenoxy) is 2. The quantitative estimate of drug-likeness (QED) is 0.491. The fourth-order valence-electron chi connectivity index (χ4n) is 2.40. The summed E-state index contributed by atoms with van der Waals surface area (Å²) >= 11 is 0. The highest BCUT2D eigenvalue weighted by Gasteiger charge is 2.15. The van der Waals surface area contributed by atoms with Crippen LogP contribution in [0, 0.1) is 6.92 Å². The maximum atomic E-state index is 12.4. The van der Waals surface area contributed by atoms with E-state index in [1.54, 1.807) is 14.2 Å². The average Bonchev–Trinajstić information content (AvgIpc) is 2.52. The summed E-state index contributed by atoms with van der Waals surface area (Å²) in [5.74, 6) is 0.197. The summed E-state index contributed by atoms with van der Waals surface area (Å²) in [5, 5.41) is 0. The second kappa shape index (κ2) is 9.72. The molecule has 1 aromatic carbocycles. The number of benzene rings is 1. The van der Waals surface area contributed by atoms with Crippen molar-refractivity contribution in [1.29, 1.82) is 0 Å². The van der Waals surface area contributed by atoms with Crippen molar-refractivity contribution in [3.8, 4) is 0 Å². The normalized spacial score (nSPS) is 12.6. The topological polar surface area (TPSA) is 38.8 Å². The molecule has 0 amide bonds. The lowest BCUT2D eigenvalue weighted by Gasteiger charge is -2.25. The number of carbonyl (C=O) groups is 1. The third-order valence-corrected chi connectivity index (χ3v) is 4.11. The van der Waals surface area contributed by atoms with Gasteiger partial charge in [0.05, 0.1) is 6.61 Å². The molecule has 0 saturated heterocycles. The first kappa shape index (κ1) is 18.8. The van der Waals surface area contributed by atoms with Gasteiger partial charge in [-0.15, -0.1) is 0 Å². The van der Waals surface area contributed by atoms with E-state index in [0.717, 1.165) is 24.1 Å². The molecule has 4 heteroatoms. The summed E-state index contributed by atoms with van der Waals surface area (Å²) in [6.45, 7) is 6.34. The molecule has 0 aliphatic rings. The third kappa shape index (κ3) is 5.52. The highest BCUT2D eigenvalue weighted by molar-refractivity contribution is 5.97. The van der Waals surface area contributed by atoms with E-state index in [4.69, 9.17) is 9.47 Å². The number of likely N-dealkylation sites (N-methyl/N-ethyl adjacent to an activating group) is 1. The van der Waals surface area contributed by atoms with Crippen LogP contribution in [0.25, 0.3) is 0 Å². The molecule has 1 atom stereocenters. The SMILES string of the molecule is COCCCC(=O)c1cc(C(C)N(C)CCOC)ccc1C. The number of hydrogen-bond donors (Lipinski definition) is 0. The fourth-order valence-corrected chi connectivity index (χ4v) is 2.40. The van der Waals surface area contributed by atoms with Gasteiger partial charge in [-0.1, -0.05) is 12.1 Å². The average molecular weight is 307 g/mol. The molecular weight excluding hydrogens is 278 g/mol. The van der Waals surface area contributed by atoms with Gasteiger partial charge in [0, 0.05) is 45.4 Å². The van der Waals surface area contributed by atoms with Gasteiger partial charge in [-0.3, -0.25) is 9.69 Å². The van der Waals surface area contributed by atoms with Crippen molar-refractivity contribution < 1.29 is 14.3 Å². The molecule has 4 nitrogen and oxygen atoms in total. The van der Waals surface area contributed by atoms with Crippen molar-refractivity contribution in [2.24, 2.45) is 0 Å². The summed E-state index contributed by atoms with van der Waals surface area (Å²) in [6.07, 6.45) is 1.30. The van der Waals surface area contributed by atoms with Crippen molar-refractivity contribution >= 4 is 5.78 Å². The van der Waals surface area contributed by atoms with E-state index in [2.05, 4.69) is 24.9 Å². The van der Waals surface area contributed by atoms with Crippen molar-refractivity contribution in [1.82, 2.24) is 4.90 Å². The van der Waals surface area contributed by atoms with E-state index >= 15 is 0 Å². The summed E-state index contributed by atoms with van der Waals surface area (Å²) in [5.41, 5.74) is 3.04. The molecule has 0 spiro atoms. The van der Waals surface area contributed by atoms with E-state index in [-0.39, 0.29) is 11.8 Å². The molecule has 0 radical (unpaired) electrons. The Kier molecular flexibility index (Phi) is 8.31. The number of hydrogen-bond acceptors (Lipinski definition) is 4. The minimum Gasteiger partial charge on any atom is -0.385 e. The first-order valence-corrected chi connectivity index (χ1v) is 7.83. The molecule has 1 unspecified atom stereocenters. The van der Waals surface area contributed by atoms with Crippen LogP contribution in [0.4, 0.5) is 0 Å². The lowest BCUT2D eigenvalue weighted by Crippen LogP contribution is -2.26. The predicted octanol–water partition coefficient (Wildman–Crippen LogP) is 3.24. The van der Waals surface area contributed by atoms with Gasteiger partial charge < -0.3 is 9.47 Å². The van der Waals surface area contributed by atoms with E-state index in [1.807, 2.05) is 19.1 Å². The highest BCUT2D eigenvalue weighted by Crippen LogP contribution is 2.22. The Hall–Kier alpha value is -1.23. The molecule has 0 aliphatic carbocycles. The molecule has 1 aromatic rings. The van der Waals surface area contributed by atoms with E-state index in [9.17, 15) is 4.79 Å². The first-order chi connectivity index (χ1) is 10.5. The number of Topliss-reactive ketones (excluding diaryl/α,β-unsaturated/α-hetero) is 1. The van der Waals surface area contributed by atoms with Gasteiger partial charge in [0.15, 0.2) is 5.78 Å². The fraction of sp³-hybridized carbons (Fsp3) is 0.611. The summed E-state index contributed by atoms with van der Waals surface area (Å²) in [7, 11) is 5.44. The van der Waals surface area contributed by atoms with E-state index in [0.29, 0.717) is 19.6 Å². The number of nitrogens with zero attached hydrogens (tertiary/aromatic N) is 1. The van der Waals surface area contributed by atoms with Crippen LogP contribution >= 0.6 is 0 Å². The zero-order chi connectivity index (χ0) is 16.5. The third-order valence-electron chi connectivity index (χ3n) is 4.11. The molecule has 0 aromatic heterocycles. The van der Waals surface area contributed by atoms with Gasteiger partial charge in [0.1, 0.15) is 0 Å². The van der Waals surface area contributed by atoms with Gasteiger partial charge in [0.25, 0.3) is 0 Å². The van der Waals surface area contributed by atoms with Crippen molar-refractivity contribution in [2.45, 2.75) is 32.7 Å². The Morgan fingerprint density at radius 3 is 2.55 bits per heavy atom. The summed E-state index contributed by atoms with van der Waals surface area (Å²) in [4.78, 5) is 14.6. The van der Waals surface area contributed by atoms with Crippen LogP contribution in [0.5, 0.6) is 0 Å². The summed E-state index contributed by atoms with van der Waals surface area (Å²) in [6, 6.07) is 6.44. The Balaban J connectivity index is 2.82. The van der Waals surface area contributed by atoms with Crippen molar-refractivity contribution in [3.05, 3.63) is 34.9 Å². The molecule has 0 N–H and O–H groups in total. The number of rotatable bonds is 10. The molecule has 0 bridgehead atoms. The van der Waals surface area contributed by atoms with Crippen molar-refractivity contribution in [3.63, 3.8) is 0 Å². The van der Waals surface area contributed by atoms with Crippen LogP contribution in [0.2, 0.25) is 0 Å². The van der Waals surface area contributed by atoms with Crippen LogP contribution in [0.3, 0.4) is 0 Å². The van der Waals surface area contributed by atoms with Crippen LogP contribution in [-0.4, -0.2) is 51.7 Å². The smallest absolute Gasteiger partial charge is 0.163 e. The number of methoxy groups -OCH3 is 2. The Morgan fingerprint density at radius 2 is 1.91 bits per heavy atom. The molecular formula is C18H29NO3. The second-order valence-electron chi connectivity index (χ2n) is 5.74.